The molecule has 0 aromatic heterocycles. The highest BCUT2D eigenvalue weighted by molar-refractivity contribution is 5.95. The molecule has 1 unspecified atom stereocenters. The van der Waals surface area contributed by atoms with E-state index in [-0.39, 0.29) is 24.0 Å². The van der Waals surface area contributed by atoms with Gasteiger partial charge in [-0.25, -0.2) is 4.39 Å². The minimum atomic E-state index is -1.05. The number of rotatable bonds is 6. The van der Waals surface area contributed by atoms with Crippen molar-refractivity contribution in [2.24, 2.45) is 0 Å². The highest BCUT2D eigenvalue weighted by Gasteiger charge is 2.39. The van der Waals surface area contributed by atoms with Gasteiger partial charge in [-0.05, 0) is 50.4 Å². The molecule has 4 N–H and O–H groups in total. The number of hydrogen-bond acceptors (Lipinski definition) is 5. The smallest absolute Gasteiger partial charge is 0.251 e. The van der Waals surface area contributed by atoms with E-state index in [0.29, 0.717) is 35.3 Å². The molecule has 1 aliphatic carbocycles. The molecule has 2 aliphatic rings. The third-order valence-corrected chi connectivity index (χ3v) is 6.30. The van der Waals surface area contributed by atoms with Crippen molar-refractivity contribution in [1.82, 2.24) is 10.6 Å². The van der Waals surface area contributed by atoms with Crippen LogP contribution in [0.4, 0.5) is 4.39 Å². The molecule has 0 radical (unpaired) electrons. The van der Waals surface area contributed by atoms with Gasteiger partial charge in [0.1, 0.15) is 24.8 Å². The van der Waals surface area contributed by atoms with Gasteiger partial charge in [0.25, 0.3) is 5.91 Å². The Bertz CT molecular complexity index is 915. The van der Waals surface area contributed by atoms with E-state index in [1.807, 2.05) is 30.3 Å². The van der Waals surface area contributed by atoms with Crippen LogP contribution < -0.4 is 15.4 Å². The Balaban J connectivity index is 1.71. The zero-order valence-corrected chi connectivity index (χ0v) is 17.6. The predicted molar refractivity (Wildman–Crippen MR) is 115 cm³/mol. The summed E-state index contributed by atoms with van der Waals surface area (Å²) >= 11 is 0. The standard InChI is InChI=1S/C24H29FN2O4/c1-26-24(30)19-12-15(23(29)27-16-7-9-17(28)10-8-16)11-18-21(14-5-3-2-4-6-14)20(13-25)31-22(18)19/h2-6,11-12,16-17,20-21,24,26,28,30H,7-10,13H2,1H3,(H,27,29)/t16?,17?,20-,21+,24?/m1/s1. The van der Waals surface area contributed by atoms with E-state index in [0.717, 1.165) is 18.4 Å². The second kappa shape index (κ2) is 9.34. The van der Waals surface area contributed by atoms with Crippen LogP contribution in [0, 0.1) is 0 Å². The van der Waals surface area contributed by atoms with Gasteiger partial charge in [-0.1, -0.05) is 30.3 Å². The van der Waals surface area contributed by atoms with Crippen molar-refractivity contribution in [1.29, 1.82) is 0 Å². The van der Waals surface area contributed by atoms with Crippen LogP contribution in [0.25, 0.3) is 0 Å². The average Bonchev–Trinajstić information content (AvgIpc) is 3.18. The molecule has 0 spiro atoms. The van der Waals surface area contributed by atoms with E-state index in [9.17, 15) is 19.4 Å². The number of ether oxygens (including phenoxy) is 1. The molecular formula is C24H29FN2O4. The zero-order chi connectivity index (χ0) is 22.0. The lowest BCUT2D eigenvalue weighted by Crippen LogP contribution is -2.38. The van der Waals surface area contributed by atoms with Crippen LogP contribution in [0.3, 0.4) is 0 Å². The van der Waals surface area contributed by atoms with Gasteiger partial charge in [0.2, 0.25) is 0 Å². The molecule has 3 atom stereocenters. The lowest BCUT2D eigenvalue weighted by atomic mass is 9.86. The van der Waals surface area contributed by atoms with Crippen LogP contribution in [0.15, 0.2) is 42.5 Å². The number of amides is 1. The number of carbonyl (C=O) groups is 1. The number of benzene rings is 2. The maximum atomic E-state index is 13.9. The van der Waals surface area contributed by atoms with Gasteiger partial charge in [-0.15, -0.1) is 0 Å². The predicted octanol–water partition coefficient (Wildman–Crippen LogP) is 2.79. The van der Waals surface area contributed by atoms with Gasteiger partial charge in [0.05, 0.1) is 12.0 Å². The van der Waals surface area contributed by atoms with E-state index >= 15 is 0 Å². The van der Waals surface area contributed by atoms with Crippen LogP contribution in [-0.2, 0) is 0 Å². The van der Waals surface area contributed by atoms with E-state index < -0.39 is 19.0 Å². The third kappa shape index (κ3) is 4.44. The summed E-state index contributed by atoms with van der Waals surface area (Å²) in [6.45, 7) is -0.685. The van der Waals surface area contributed by atoms with Crippen LogP contribution >= 0.6 is 0 Å². The summed E-state index contributed by atoms with van der Waals surface area (Å²) in [6.07, 6.45) is 0.709. The molecule has 1 fully saturated rings. The summed E-state index contributed by atoms with van der Waals surface area (Å²) in [5.74, 6) is -0.193. The molecule has 0 bridgehead atoms. The molecule has 4 rings (SSSR count). The minimum Gasteiger partial charge on any atom is -0.486 e. The molecule has 0 saturated heterocycles. The van der Waals surface area contributed by atoms with Gasteiger partial charge in [-0.2, -0.15) is 0 Å². The summed E-state index contributed by atoms with van der Waals surface area (Å²) in [5, 5.41) is 26.0. The molecule has 6 nitrogen and oxygen atoms in total. The fourth-order valence-corrected chi connectivity index (χ4v) is 4.62. The molecule has 1 heterocycles. The molecule has 1 saturated carbocycles. The molecule has 31 heavy (non-hydrogen) atoms. The van der Waals surface area contributed by atoms with E-state index in [2.05, 4.69) is 10.6 Å². The molecule has 2 aromatic rings. The highest BCUT2D eigenvalue weighted by atomic mass is 19.1. The summed E-state index contributed by atoms with van der Waals surface area (Å²) < 4.78 is 19.8. The lowest BCUT2D eigenvalue weighted by Gasteiger charge is -2.26. The van der Waals surface area contributed by atoms with Crippen molar-refractivity contribution in [3.05, 3.63) is 64.7 Å². The first kappa shape index (κ1) is 21.7. The van der Waals surface area contributed by atoms with Gasteiger partial charge in [0.15, 0.2) is 0 Å². The second-order valence-corrected chi connectivity index (χ2v) is 8.35. The largest absolute Gasteiger partial charge is 0.486 e. The minimum absolute atomic E-state index is 0.00147. The van der Waals surface area contributed by atoms with Crippen molar-refractivity contribution in [3.63, 3.8) is 0 Å². The Morgan fingerprint density at radius 2 is 1.90 bits per heavy atom. The van der Waals surface area contributed by atoms with Gasteiger partial charge in [0, 0.05) is 22.7 Å². The SMILES string of the molecule is CNC(O)c1cc(C(=O)NC2CCC(O)CC2)cc2c1O[C@H](CF)[C@H]2c1ccccc1. The maximum absolute atomic E-state index is 13.9. The molecule has 166 valence electrons. The average molecular weight is 429 g/mol. The first-order valence-electron chi connectivity index (χ1n) is 10.8. The van der Waals surface area contributed by atoms with Crippen LogP contribution in [-0.4, -0.2) is 48.1 Å². The van der Waals surface area contributed by atoms with Crippen LogP contribution in [0.5, 0.6) is 5.75 Å². The van der Waals surface area contributed by atoms with Gasteiger partial charge < -0.3 is 20.3 Å². The van der Waals surface area contributed by atoms with Crippen molar-refractivity contribution in [2.45, 2.75) is 56.1 Å². The normalized spacial score (nSPS) is 26.1. The summed E-state index contributed by atoms with van der Waals surface area (Å²) in [6, 6.07) is 12.9. The number of carbonyl (C=O) groups excluding carboxylic acids is 1. The highest BCUT2D eigenvalue weighted by Crippen LogP contribution is 2.46. The van der Waals surface area contributed by atoms with E-state index in [1.165, 1.54) is 0 Å². The molecule has 7 heteroatoms. The number of fused-ring (bicyclic) bond motifs is 1. The Kier molecular flexibility index (Phi) is 6.55. The fraction of sp³-hybridized carbons (Fsp3) is 0.458. The monoisotopic (exact) mass is 428 g/mol. The number of nitrogens with one attached hydrogen (secondary N) is 2. The zero-order valence-electron chi connectivity index (χ0n) is 17.6. The number of hydrogen-bond donors (Lipinski definition) is 4. The molecule has 2 aromatic carbocycles. The van der Waals surface area contributed by atoms with E-state index in [4.69, 9.17) is 4.74 Å². The van der Waals surface area contributed by atoms with Crippen molar-refractivity contribution < 1.29 is 24.1 Å². The molecule has 1 amide bonds. The molecule has 1 aliphatic heterocycles. The Morgan fingerprint density at radius 3 is 2.55 bits per heavy atom. The van der Waals surface area contributed by atoms with Crippen molar-refractivity contribution >= 4 is 5.91 Å². The fourth-order valence-electron chi connectivity index (χ4n) is 4.62. The van der Waals surface area contributed by atoms with Crippen molar-refractivity contribution in [3.8, 4) is 5.75 Å². The lowest BCUT2D eigenvalue weighted by molar-refractivity contribution is 0.0867. The number of aliphatic hydroxyl groups excluding tert-OH is 2. The number of halogens is 1. The number of aliphatic hydroxyl groups is 2. The number of alkyl halides is 1. The first-order valence-corrected chi connectivity index (χ1v) is 10.8. The van der Waals surface area contributed by atoms with Gasteiger partial charge in [-0.3, -0.25) is 10.1 Å². The Morgan fingerprint density at radius 1 is 1.19 bits per heavy atom. The first-order chi connectivity index (χ1) is 15.0. The summed E-state index contributed by atoms with van der Waals surface area (Å²) in [4.78, 5) is 13.1. The van der Waals surface area contributed by atoms with E-state index in [1.54, 1.807) is 19.2 Å². The Labute approximate surface area is 181 Å². The van der Waals surface area contributed by atoms with Crippen LogP contribution in [0.1, 0.15) is 64.9 Å². The summed E-state index contributed by atoms with van der Waals surface area (Å²) in [7, 11) is 1.60. The van der Waals surface area contributed by atoms with Crippen molar-refractivity contribution in [2.75, 3.05) is 13.7 Å². The summed E-state index contributed by atoms with van der Waals surface area (Å²) in [5.41, 5.74) is 2.41. The topological polar surface area (TPSA) is 90.8 Å². The quantitative estimate of drug-likeness (QED) is 0.531. The van der Waals surface area contributed by atoms with Gasteiger partial charge >= 0.3 is 0 Å². The Hall–Kier alpha value is -2.48. The van der Waals surface area contributed by atoms with Crippen LogP contribution in [0.2, 0.25) is 0 Å². The maximum Gasteiger partial charge on any atom is 0.251 e. The second-order valence-electron chi connectivity index (χ2n) is 8.35. The molecular weight excluding hydrogens is 399 g/mol. The third-order valence-electron chi connectivity index (χ3n) is 6.30.